The van der Waals surface area contributed by atoms with Crippen LogP contribution in [0, 0.1) is 0 Å². The summed E-state index contributed by atoms with van der Waals surface area (Å²) in [6.07, 6.45) is 6.47. The van der Waals surface area contributed by atoms with E-state index in [4.69, 9.17) is 4.99 Å². The number of unbranched alkanes of at least 4 members (excludes halogenated alkanes) is 1. The molecule has 0 bridgehead atoms. The van der Waals surface area contributed by atoms with E-state index in [1.54, 1.807) is 0 Å². The predicted octanol–water partition coefficient (Wildman–Crippen LogP) is 3.94. The first kappa shape index (κ1) is 21.5. The molecule has 0 aliphatic carbocycles. The Balaban J connectivity index is 0.00000243. The summed E-state index contributed by atoms with van der Waals surface area (Å²) in [6.45, 7) is 10.1. The Morgan fingerprint density at radius 3 is 2.62 bits per heavy atom. The van der Waals surface area contributed by atoms with Gasteiger partial charge in [0.1, 0.15) is 0 Å². The van der Waals surface area contributed by atoms with Crippen molar-refractivity contribution in [2.75, 3.05) is 45.8 Å². The second-order valence-corrected chi connectivity index (χ2v) is 7.33. The molecule has 3 rings (SSSR count). The standard InChI is InChI=1S/C21H34N4.HI/c1-2-22-21(23-13-6-7-14-24-15-8-9-16-24)25-17-12-20(18-25)19-10-4-3-5-11-19;/h3-5,10-11,20H,2,6-9,12-18H2,1H3,(H,22,23);1H. The first-order valence-corrected chi connectivity index (χ1v) is 10.2. The van der Waals surface area contributed by atoms with Gasteiger partial charge in [0.05, 0.1) is 0 Å². The van der Waals surface area contributed by atoms with E-state index in [1.807, 2.05) is 0 Å². The van der Waals surface area contributed by atoms with Crippen molar-refractivity contribution in [3.8, 4) is 0 Å². The molecule has 0 spiro atoms. The quantitative estimate of drug-likeness (QED) is 0.284. The van der Waals surface area contributed by atoms with Gasteiger partial charge in [0, 0.05) is 32.1 Å². The smallest absolute Gasteiger partial charge is 0.193 e. The van der Waals surface area contributed by atoms with Crippen LogP contribution in [0.25, 0.3) is 0 Å². The van der Waals surface area contributed by atoms with Crippen LogP contribution in [0.5, 0.6) is 0 Å². The summed E-state index contributed by atoms with van der Waals surface area (Å²) < 4.78 is 0. The van der Waals surface area contributed by atoms with E-state index in [0.717, 1.165) is 32.1 Å². The minimum absolute atomic E-state index is 0. The largest absolute Gasteiger partial charge is 0.357 e. The molecular weight excluding hydrogens is 435 g/mol. The topological polar surface area (TPSA) is 30.9 Å². The molecule has 2 aliphatic rings. The molecule has 5 heteroatoms. The molecule has 1 N–H and O–H groups in total. The van der Waals surface area contributed by atoms with Gasteiger partial charge in [-0.2, -0.15) is 0 Å². The Labute approximate surface area is 176 Å². The molecule has 2 fully saturated rings. The number of hydrogen-bond donors (Lipinski definition) is 1. The van der Waals surface area contributed by atoms with E-state index in [1.165, 1.54) is 57.3 Å². The van der Waals surface area contributed by atoms with Crippen LogP contribution in [0.1, 0.15) is 50.5 Å². The van der Waals surface area contributed by atoms with Gasteiger partial charge in [0.2, 0.25) is 0 Å². The highest BCUT2D eigenvalue weighted by atomic mass is 127. The lowest BCUT2D eigenvalue weighted by atomic mass is 9.99. The maximum Gasteiger partial charge on any atom is 0.193 e. The van der Waals surface area contributed by atoms with Crippen LogP contribution < -0.4 is 5.32 Å². The number of nitrogens with one attached hydrogen (secondary N) is 1. The number of halogens is 1. The van der Waals surface area contributed by atoms with E-state index < -0.39 is 0 Å². The van der Waals surface area contributed by atoms with Crippen molar-refractivity contribution in [2.24, 2.45) is 4.99 Å². The maximum absolute atomic E-state index is 4.90. The maximum atomic E-state index is 4.90. The minimum Gasteiger partial charge on any atom is -0.357 e. The van der Waals surface area contributed by atoms with Gasteiger partial charge in [-0.25, -0.2) is 0 Å². The van der Waals surface area contributed by atoms with Crippen molar-refractivity contribution in [1.82, 2.24) is 15.1 Å². The highest BCUT2D eigenvalue weighted by Crippen LogP contribution is 2.26. The summed E-state index contributed by atoms with van der Waals surface area (Å²) in [6, 6.07) is 10.9. The second kappa shape index (κ2) is 11.8. The molecule has 26 heavy (non-hydrogen) atoms. The summed E-state index contributed by atoms with van der Waals surface area (Å²) in [5.41, 5.74) is 1.46. The summed E-state index contributed by atoms with van der Waals surface area (Å²) in [4.78, 5) is 9.94. The number of guanidine groups is 1. The third-order valence-electron chi connectivity index (χ3n) is 5.44. The molecule has 146 valence electrons. The van der Waals surface area contributed by atoms with Gasteiger partial charge in [-0.05, 0) is 64.2 Å². The van der Waals surface area contributed by atoms with Gasteiger partial charge in [-0.15, -0.1) is 24.0 Å². The summed E-state index contributed by atoms with van der Waals surface area (Å²) in [7, 11) is 0. The van der Waals surface area contributed by atoms with Gasteiger partial charge < -0.3 is 15.1 Å². The summed E-state index contributed by atoms with van der Waals surface area (Å²) in [5, 5.41) is 3.49. The molecule has 0 radical (unpaired) electrons. The number of hydrogen-bond acceptors (Lipinski definition) is 2. The lowest BCUT2D eigenvalue weighted by molar-refractivity contribution is 0.331. The molecule has 2 saturated heterocycles. The van der Waals surface area contributed by atoms with Crippen LogP contribution in [0.15, 0.2) is 35.3 Å². The van der Waals surface area contributed by atoms with E-state index in [0.29, 0.717) is 5.92 Å². The number of rotatable bonds is 7. The number of aliphatic imine (C=N–C) groups is 1. The normalized spacial score (nSPS) is 21.0. The molecule has 0 aromatic heterocycles. The Bertz CT molecular complexity index is 528. The first-order chi connectivity index (χ1) is 12.4. The third kappa shape index (κ3) is 6.41. The number of benzene rings is 1. The van der Waals surface area contributed by atoms with Gasteiger partial charge in [-0.1, -0.05) is 30.3 Å². The van der Waals surface area contributed by atoms with Gasteiger partial charge in [-0.3, -0.25) is 4.99 Å². The molecule has 1 atom stereocenters. The van der Waals surface area contributed by atoms with Crippen molar-refractivity contribution in [1.29, 1.82) is 0 Å². The SMILES string of the molecule is CCNC(=NCCCCN1CCCC1)N1CCC(c2ccccc2)C1.I. The molecule has 1 unspecified atom stereocenters. The zero-order chi connectivity index (χ0) is 17.3. The average molecular weight is 470 g/mol. The fourth-order valence-electron chi connectivity index (χ4n) is 4.01. The molecule has 1 aromatic carbocycles. The zero-order valence-corrected chi connectivity index (χ0v) is 18.5. The van der Waals surface area contributed by atoms with Crippen molar-refractivity contribution >= 4 is 29.9 Å². The molecule has 4 nitrogen and oxygen atoms in total. The van der Waals surface area contributed by atoms with Crippen LogP contribution in [-0.4, -0.2) is 61.6 Å². The summed E-state index contributed by atoms with van der Waals surface area (Å²) >= 11 is 0. The van der Waals surface area contributed by atoms with Crippen LogP contribution in [0.2, 0.25) is 0 Å². The molecule has 2 aliphatic heterocycles. The summed E-state index contributed by atoms with van der Waals surface area (Å²) in [5.74, 6) is 1.75. The lowest BCUT2D eigenvalue weighted by Gasteiger charge is -2.22. The van der Waals surface area contributed by atoms with Crippen LogP contribution in [0.4, 0.5) is 0 Å². The average Bonchev–Trinajstić information content (AvgIpc) is 3.33. The van der Waals surface area contributed by atoms with E-state index in [2.05, 4.69) is 52.4 Å². The molecule has 1 aromatic rings. The predicted molar refractivity (Wildman–Crippen MR) is 122 cm³/mol. The number of nitrogens with zero attached hydrogens (tertiary/aromatic N) is 3. The Morgan fingerprint density at radius 2 is 1.88 bits per heavy atom. The molecule has 0 amide bonds. The minimum atomic E-state index is 0. The van der Waals surface area contributed by atoms with Crippen molar-refractivity contribution in [2.45, 2.75) is 44.9 Å². The van der Waals surface area contributed by atoms with E-state index in [-0.39, 0.29) is 24.0 Å². The Kier molecular flexibility index (Phi) is 9.75. The van der Waals surface area contributed by atoms with E-state index >= 15 is 0 Å². The van der Waals surface area contributed by atoms with Crippen LogP contribution in [0.3, 0.4) is 0 Å². The fourth-order valence-corrected chi connectivity index (χ4v) is 4.01. The highest BCUT2D eigenvalue weighted by molar-refractivity contribution is 14.0. The van der Waals surface area contributed by atoms with Gasteiger partial charge in [0.15, 0.2) is 5.96 Å². The van der Waals surface area contributed by atoms with Gasteiger partial charge in [0.25, 0.3) is 0 Å². The Hall–Kier alpha value is -0.820. The molecule has 2 heterocycles. The van der Waals surface area contributed by atoms with Crippen molar-refractivity contribution < 1.29 is 0 Å². The lowest BCUT2D eigenvalue weighted by Crippen LogP contribution is -2.40. The molecular formula is C21H35IN4. The second-order valence-electron chi connectivity index (χ2n) is 7.33. The highest BCUT2D eigenvalue weighted by Gasteiger charge is 2.25. The molecule has 0 saturated carbocycles. The van der Waals surface area contributed by atoms with E-state index in [9.17, 15) is 0 Å². The number of likely N-dealkylation sites (tertiary alicyclic amines) is 2. The van der Waals surface area contributed by atoms with Crippen LogP contribution in [-0.2, 0) is 0 Å². The monoisotopic (exact) mass is 470 g/mol. The fraction of sp³-hybridized carbons (Fsp3) is 0.667. The zero-order valence-electron chi connectivity index (χ0n) is 16.2. The van der Waals surface area contributed by atoms with Gasteiger partial charge >= 0.3 is 0 Å². The Morgan fingerprint density at radius 1 is 1.12 bits per heavy atom. The van der Waals surface area contributed by atoms with Crippen molar-refractivity contribution in [3.05, 3.63) is 35.9 Å². The van der Waals surface area contributed by atoms with Crippen LogP contribution >= 0.6 is 24.0 Å². The first-order valence-electron chi connectivity index (χ1n) is 10.2. The van der Waals surface area contributed by atoms with Crippen molar-refractivity contribution in [3.63, 3.8) is 0 Å². The third-order valence-corrected chi connectivity index (χ3v) is 5.44.